The molecule has 2 aromatic rings. The normalized spacial score (nSPS) is 15.2. The van der Waals surface area contributed by atoms with Crippen molar-refractivity contribution in [3.05, 3.63) is 59.4 Å². The van der Waals surface area contributed by atoms with E-state index < -0.39 is 21.7 Å². The van der Waals surface area contributed by atoms with Crippen LogP contribution in [0.5, 0.6) is 5.75 Å². The Morgan fingerprint density at radius 2 is 1.93 bits per heavy atom. The lowest BCUT2D eigenvalue weighted by molar-refractivity contribution is 0.0730. The average molecular weight is 408 g/mol. The zero-order valence-electron chi connectivity index (χ0n) is 15.4. The molecule has 1 aliphatic rings. The van der Waals surface area contributed by atoms with Gasteiger partial charge in [0.15, 0.2) is 0 Å². The highest BCUT2D eigenvalue weighted by Crippen LogP contribution is 2.25. The summed E-state index contributed by atoms with van der Waals surface area (Å²) in [6.45, 7) is 1.12. The molecule has 1 heterocycles. The van der Waals surface area contributed by atoms with Crippen molar-refractivity contribution in [2.45, 2.75) is 11.4 Å². The third-order valence-corrected chi connectivity index (χ3v) is 6.32. The summed E-state index contributed by atoms with van der Waals surface area (Å²) in [6, 6.07) is 10.2. The summed E-state index contributed by atoms with van der Waals surface area (Å²) in [7, 11) is -2.37. The van der Waals surface area contributed by atoms with E-state index >= 15 is 0 Å². The number of sulfonamides is 1. The van der Waals surface area contributed by atoms with Gasteiger partial charge in [0.25, 0.3) is 5.91 Å². The second-order valence-electron chi connectivity index (χ2n) is 6.15. The molecule has 0 atom stereocenters. The molecule has 0 unspecified atom stereocenters. The van der Waals surface area contributed by atoms with Crippen molar-refractivity contribution in [2.24, 2.45) is 0 Å². The minimum absolute atomic E-state index is 0.00811. The molecule has 150 valence electrons. The van der Waals surface area contributed by atoms with Crippen LogP contribution in [0.1, 0.15) is 15.9 Å². The van der Waals surface area contributed by atoms with Crippen LogP contribution in [0.2, 0.25) is 0 Å². The number of amides is 1. The summed E-state index contributed by atoms with van der Waals surface area (Å²) in [4.78, 5) is 12.6. The van der Waals surface area contributed by atoms with E-state index in [1.807, 2.05) is 0 Å². The Hall–Kier alpha value is -2.49. The first-order chi connectivity index (χ1) is 13.4. The lowest BCUT2D eigenvalue weighted by Crippen LogP contribution is -2.40. The predicted octanol–water partition coefficient (Wildman–Crippen LogP) is 1.79. The van der Waals surface area contributed by atoms with Crippen molar-refractivity contribution in [2.75, 3.05) is 33.4 Å². The molecule has 0 spiro atoms. The van der Waals surface area contributed by atoms with Crippen LogP contribution in [0.15, 0.2) is 47.4 Å². The van der Waals surface area contributed by atoms with E-state index in [1.165, 1.54) is 35.7 Å². The molecular formula is C19H21FN2O5S. The van der Waals surface area contributed by atoms with Crippen LogP contribution in [0.4, 0.5) is 4.39 Å². The van der Waals surface area contributed by atoms with Gasteiger partial charge < -0.3 is 14.8 Å². The molecule has 3 rings (SSSR count). The maximum atomic E-state index is 13.7. The van der Waals surface area contributed by atoms with Crippen LogP contribution < -0.4 is 10.1 Å². The number of benzene rings is 2. The van der Waals surface area contributed by atoms with Gasteiger partial charge in [-0.2, -0.15) is 4.31 Å². The van der Waals surface area contributed by atoms with E-state index in [4.69, 9.17) is 9.47 Å². The Labute approximate surface area is 163 Å². The SMILES string of the molecule is COc1ccc(S(=O)(=O)N2CCOCC2)cc1C(=O)NCc1ccccc1F. The molecule has 0 bridgehead atoms. The minimum atomic E-state index is -3.76. The van der Waals surface area contributed by atoms with Crippen molar-refractivity contribution in [1.82, 2.24) is 9.62 Å². The van der Waals surface area contributed by atoms with E-state index in [1.54, 1.807) is 18.2 Å². The van der Waals surface area contributed by atoms with E-state index in [2.05, 4.69) is 5.32 Å². The Bertz CT molecular complexity index is 959. The van der Waals surface area contributed by atoms with Gasteiger partial charge in [0.05, 0.1) is 30.8 Å². The zero-order chi connectivity index (χ0) is 20.1. The van der Waals surface area contributed by atoms with Gasteiger partial charge >= 0.3 is 0 Å². The fraction of sp³-hybridized carbons (Fsp3) is 0.316. The Morgan fingerprint density at radius 3 is 2.61 bits per heavy atom. The fourth-order valence-electron chi connectivity index (χ4n) is 2.87. The van der Waals surface area contributed by atoms with E-state index in [0.29, 0.717) is 18.8 Å². The van der Waals surface area contributed by atoms with Crippen molar-refractivity contribution in [3.63, 3.8) is 0 Å². The minimum Gasteiger partial charge on any atom is -0.496 e. The lowest BCUT2D eigenvalue weighted by atomic mass is 10.1. The molecule has 1 fully saturated rings. The molecular weight excluding hydrogens is 387 g/mol. The number of carbonyl (C=O) groups excluding carboxylic acids is 1. The largest absolute Gasteiger partial charge is 0.496 e. The van der Waals surface area contributed by atoms with Crippen molar-refractivity contribution < 1.29 is 27.1 Å². The smallest absolute Gasteiger partial charge is 0.255 e. The topological polar surface area (TPSA) is 84.9 Å². The zero-order valence-corrected chi connectivity index (χ0v) is 16.2. The summed E-state index contributed by atoms with van der Waals surface area (Å²) < 4.78 is 51.1. The molecule has 2 aromatic carbocycles. The number of rotatable bonds is 6. The second kappa shape index (κ2) is 8.68. The van der Waals surface area contributed by atoms with Gasteiger partial charge in [-0.1, -0.05) is 18.2 Å². The van der Waals surface area contributed by atoms with Gasteiger partial charge in [0.1, 0.15) is 11.6 Å². The summed E-state index contributed by atoms with van der Waals surface area (Å²) in [6.07, 6.45) is 0. The predicted molar refractivity (Wildman–Crippen MR) is 100 cm³/mol. The monoisotopic (exact) mass is 408 g/mol. The first-order valence-electron chi connectivity index (χ1n) is 8.71. The van der Waals surface area contributed by atoms with Crippen molar-refractivity contribution >= 4 is 15.9 Å². The molecule has 0 aliphatic carbocycles. The van der Waals surface area contributed by atoms with Gasteiger partial charge in [-0.25, -0.2) is 12.8 Å². The Kier molecular flexibility index (Phi) is 6.28. The van der Waals surface area contributed by atoms with E-state index in [9.17, 15) is 17.6 Å². The number of nitrogens with one attached hydrogen (secondary N) is 1. The van der Waals surface area contributed by atoms with Crippen LogP contribution in [0.3, 0.4) is 0 Å². The van der Waals surface area contributed by atoms with Crippen molar-refractivity contribution in [3.8, 4) is 5.75 Å². The number of methoxy groups -OCH3 is 1. The quantitative estimate of drug-likeness (QED) is 0.788. The number of ether oxygens (including phenoxy) is 2. The Balaban J connectivity index is 1.84. The highest BCUT2D eigenvalue weighted by molar-refractivity contribution is 7.89. The fourth-order valence-corrected chi connectivity index (χ4v) is 4.31. The van der Waals surface area contributed by atoms with Crippen LogP contribution in [-0.2, 0) is 21.3 Å². The summed E-state index contributed by atoms with van der Waals surface area (Å²) >= 11 is 0. The summed E-state index contributed by atoms with van der Waals surface area (Å²) in [5.74, 6) is -0.760. The van der Waals surface area contributed by atoms with Gasteiger partial charge in [0, 0.05) is 25.2 Å². The van der Waals surface area contributed by atoms with E-state index in [-0.39, 0.29) is 35.8 Å². The average Bonchev–Trinajstić information content (AvgIpc) is 2.73. The molecule has 0 saturated carbocycles. The first kappa shape index (κ1) is 20.2. The maximum absolute atomic E-state index is 13.7. The third kappa shape index (κ3) is 4.32. The molecule has 0 radical (unpaired) electrons. The number of halogens is 1. The standard InChI is InChI=1S/C19H21FN2O5S/c1-26-18-7-6-15(28(24,25)22-8-10-27-11-9-22)12-16(18)19(23)21-13-14-4-2-3-5-17(14)20/h2-7,12H,8-11,13H2,1H3,(H,21,23). The molecule has 28 heavy (non-hydrogen) atoms. The maximum Gasteiger partial charge on any atom is 0.255 e. The first-order valence-corrected chi connectivity index (χ1v) is 10.1. The van der Waals surface area contributed by atoms with Crippen molar-refractivity contribution in [1.29, 1.82) is 0 Å². The van der Waals surface area contributed by atoms with Crippen LogP contribution in [0.25, 0.3) is 0 Å². The highest BCUT2D eigenvalue weighted by Gasteiger charge is 2.28. The number of morpholine rings is 1. The summed E-state index contributed by atoms with van der Waals surface area (Å²) in [5.41, 5.74) is 0.389. The molecule has 1 saturated heterocycles. The number of carbonyl (C=O) groups is 1. The molecule has 0 aromatic heterocycles. The number of hydrogen-bond acceptors (Lipinski definition) is 5. The Morgan fingerprint density at radius 1 is 1.21 bits per heavy atom. The van der Waals surface area contributed by atoms with Crippen LogP contribution in [0, 0.1) is 5.82 Å². The molecule has 9 heteroatoms. The lowest BCUT2D eigenvalue weighted by Gasteiger charge is -2.26. The van der Waals surface area contributed by atoms with E-state index in [0.717, 1.165) is 0 Å². The number of nitrogens with zero attached hydrogens (tertiary/aromatic N) is 1. The second-order valence-corrected chi connectivity index (χ2v) is 8.09. The molecule has 1 N–H and O–H groups in total. The van der Waals surface area contributed by atoms with Gasteiger partial charge in [-0.3, -0.25) is 4.79 Å². The molecule has 1 aliphatic heterocycles. The van der Waals surface area contributed by atoms with Gasteiger partial charge in [-0.15, -0.1) is 0 Å². The molecule has 1 amide bonds. The van der Waals surface area contributed by atoms with Crippen LogP contribution >= 0.6 is 0 Å². The highest BCUT2D eigenvalue weighted by atomic mass is 32.2. The third-order valence-electron chi connectivity index (χ3n) is 4.42. The molecule has 7 nitrogen and oxygen atoms in total. The summed E-state index contributed by atoms with van der Waals surface area (Å²) in [5, 5.41) is 2.60. The van der Waals surface area contributed by atoms with Gasteiger partial charge in [-0.05, 0) is 24.3 Å². The number of hydrogen-bond donors (Lipinski definition) is 1. The van der Waals surface area contributed by atoms with Gasteiger partial charge in [0.2, 0.25) is 10.0 Å². The van der Waals surface area contributed by atoms with Crippen LogP contribution in [-0.4, -0.2) is 52.0 Å².